The molecule has 1 unspecified atom stereocenters. The van der Waals surface area contributed by atoms with E-state index in [1.165, 1.54) is 0 Å². The van der Waals surface area contributed by atoms with Gasteiger partial charge < -0.3 is 29.4 Å². The van der Waals surface area contributed by atoms with Gasteiger partial charge in [0, 0.05) is 57.8 Å². The summed E-state index contributed by atoms with van der Waals surface area (Å²) in [6, 6.07) is 7.08. The minimum atomic E-state index is -1.25. The van der Waals surface area contributed by atoms with Crippen LogP contribution < -0.4 is 9.80 Å². The van der Waals surface area contributed by atoms with Gasteiger partial charge in [-0.05, 0) is 64.3 Å². The van der Waals surface area contributed by atoms with E-state index in [2.05, 4.69) is 18.7 Å². The smallest absolute Gasteiger partial charge is 0.253 e. The molecule has 1 spiro atoms. The Balaban J connectivity index is 1.55. The minimum absolute atomic E-state index is 0.0829. The van der Waals surface area contributed by atoms with Gasteiger partial charge in [-0.3, -0.25) is 14.4 Å². The van der Waals surface area contributed by atoms with Crippen molar-refractivity contribution in [2.45, 2.75) is 57.3 Å². The van der Waals surface area contributed by atoms with Crippen LogP contribution in [0.15, 0.2) is 48.6 Å². The molecule has 0 radical (unpaired) electrons. The quantitative estimate of drug-likeness (QED) is 0.375. The van der Waals surface area contributed by atoms with Crippen molar-refractivity contribution in [2.75, 3.05) is 56.2 Å². The molecule has 4 aliphatic heterocycles. The zero-order valence-corrected chi connectivity index (χ0v) is 24.1. The molecular weight excluding hydrogens is 508 g/mol. The van der Waals surface area contributed by atoms with Gasteiger partial charge >= 0.3 is 0 Å². The highest BCUT2D eigenvalue weighted by Gasteiger charge is 2.74. The predicted octanol–water partition coefficient (Wildman–Crippen LogP) is 2.60. The molecule has 0 saturated carbocycles. The lowest BCUT2D eigenvalue weighted by Crippen LogP contribution is -2.56. The first kappa shape index (κ1) is 28.4. The molecule has 1 aromatic carbocycles. The van der Waals surface area contributed by atoms with E-state index in [1.54, 1.807) is 21.7 Å². The Morgan fingerprint density at radius 3 is 2.30 bits per heavy atom. The van der Waals surface area contributed by atoms with Gasteiger partial charge in [0.15, 0.2) is 0 Å². The number of hydrogen-bond acceptors (Lipinski definition) is 6. The molecule has 0 bridgehead atoms. The van der Waals surface area contributed by atoms with E-state index in [0.717, 1.165) is 30.9 Å². The molecule has 4 heterocycles. The summed E-state index contributed by atoms with van der Waals surface area (Å²) in [5, 5.41) is 9.27. The number of anilines is 2. The highest BCUT2D eigenvalue weighted by Crippen LogP contribution is 2.57. The van der Waals surface area contributed by atoms with Crippen LogP contribution in [-0.2, 0) is 19.1 Å². The molecule has 5 rings (SSSR count). The largest absolute Gasteiger partial charge is 0.396 e. The Hall–Kier alpha value is -3.17. The Bertz CT molecular complexity index is 1190. The Kier molecular flexibility index (Phi) is 7.81. The molecule has 40 heavy (non-hydrogen) atoms. The van der Waals surface area contributed by atoms with Gasteiger partial charge in [-0.25, -0.2) is 0 Å². The third kappa shape index (κ3) is 4.43. The fraction of sp³-hybridized carbons (Fsp3) is 0.581. The summed E-state index contributed by atoms with van der Waals surface area (Å²) >= 11 is 0. The van der Waals surface area contributed by atoms with Crippen LogP contribution >= 0.6 is 0 Å². The highest BCUT2D eigenvalue weighted by atomic mass is 16.5. The topological polar surface area (TPSA) is 93.6 Å². The number of aliphatic hydroxyl groups excluding tert-OH is 1. The van der Waals surface area contributed by atoms with E-state index in [-0.39, 0.29) is 24.3 Å². The number of rotatable bonds is 9. The van der Waals surface area contributed by atoms with Crippen molar-refractivity contribution >= 4 is 29.1 Å². The van der Waals surface area contributed by atoms with Crippen LogP contribution in [0.25, 0.3) is 0 Å². The molecule has 0 aliphatic carbocycles. The standard InChI is InChI=1S/C31H42N4O5/c1-5-33(6-2)22-12-14-23(15-13-22)34-20-11-17-31-25(24-27(37)32(4)18-10-16-30(24,3)40-31)28(38)35(26(31)29(34)39)19-8-7-9-21-36/h10-17,24-26,36H,5-9,18-21H2,1-4H3/t24-,25+,26?,30+,31+/m1/s1. The lowest BCUT2D eigenvalue weighted by atomic mass is 9.74. The lowest BCUT2D eigenvalue weighted by molar-refractivity contribution is -0.148. The van der Waals surface area contributed by atoms with Crippen molar-refractivity contribution in [1.29, 1.82) is 0 Å². The number of carbonyl (C=O) groups is 3. The number of hydrogen-bond donors (Lipinski definition) is 1. The highest BCUT2D eigenvalue weighted by molar-refractivity contribution is 6.06. The molecule has 3 amide bonds. The van der Waals surface area contributed by atoms with Crippen molar-refractivity contribution in [1.82, 2.24) is 9.80 Å². The summed E-state index contributed by atoms with van der Waals surface area (Å²) in [6.45, 7) is 9.10. The first-order valence-corrected chi connectivity index (χ1v) is 14.6. The number of unbranched alkanes of at least 4 members (excludes halogenated alkanes) is 2. The maximum Gasteiger partial charge on any atom is 0.253 e. The summed E-state index contributed by atoms with van der Waals surface area (Å²) in [5.74, 6) is -2.09. The van der Waals surface area contributed by atoms with E-state index in [4.69, 9.17) is 4.74 Å². The molecule has 2 fully saturated rings. The normalized spacial score (nSPS) is 31.3. The van der Waals surface area contributed by atoms with Crippen LogP contribution in [0.3, 0.4) is 0 Å². The van der Waals surface area contributed by atoms with Crippen LogP contribution in [-0.4, -0.2) is 96.3 Å². The maximum atomic E-state index is 14.5. The van der Waals surface area contributed by atoms with Crippen LogP contribution in [0.5, 0.6) is 0 Å². The zero-order valence-electron chi connectivity index (χ0n) is 24.1. The molecule has 1 N–H and O–H groups in total. The number of likely N-dealkylation sites (tertiary alicyclic amines) is 1. The van der Waals surface area contributed by atoms with Gasteiger partial charge in [-0.15, -0.1) is 0 Å². The van der Waals surface area contributed by atoms with Gasteiger partial charge in [0.25, 0.3) is 5.91 Å². The second kappa shape index (κ2) is 11.0. The average Bonchev–Trinajstić information content (AvgIpc) is 3.21. The van der Waals surface area contributed by atoms with Gasteiger partial charge in [0.05, 0.1) is 17.4 Å². The molecule has 9 nitrogen and oxygen atoms in total. The van der Waals surface area contributed by atoms with E-state index in [1.807, 2.05) is 55.5 Å². The number of carbonyl (C=O) groups excluding carboxylic acids is 3. The van der Waals surface area contributed by atoms with Crippen LogP contribution in [0.2, 0.25) is 0 Å². The fourth-order valence-electron chi connectivity index (χ4n) is 7.12. The summed E-state index contributed by atoms with van der Waals surface area (Å²) in [4.78, 5) is 49.7. The van der Waals surface area contributed by atoms with E-state index in [9.17, 15) is 19.5 Å². The third-order valence-corrected chi connectivity index (χ3v) is 9.11. The Morgan fingerprint density at radius 1 is 0.925 bits per heavy atom. The summed E-state index contributed by atoms with van der Waals surface area (Å²) < 4.78 is 6.83. The maximum absolute atomic E-state index is 14.5. The number of likely N-dealkylation sites (N-methyl/N-ethyl adjacent to an activating group) is 1. The molecule has 9 heteroatoms. The lowest BCUT2D eigenvalue weighted by Gasteiger charge is -2.37. The van der Waals surface area contributed by atoms with Crippen LogP contribution in [0.4, 0.5) is 11.4 Å². The zero-order chi connectivity index (χ0) is 28.7. The summed E-state index contributed by atoms with van der Waals surface area (Å²) in [7, 11) is 1.74. The fourth-order valence-corrected chi connectivity index (χ4v) is 7.12. The van der Waals surface area contributed by atoms with Gasteiger partial charge in [-0.2, -0.15) is 0 Å². The van der Waals surface area contributed by atoms with Gasteiger partial charge in [-0.1, -0.05) is 24.3 Å². The monoisotopic (exact) mass is 550 g/mol. The number of amides is 3. The van der Waals surface area contributed by atoms with Crippen molar-refractivity contribution in [2.24, 2.45) is 11.8 Å². The van der Waals surface area contributed by atoms with Gasteiger partial charge in [0.2, 0.25) is 11.8 Å². The predicted molar refractivity (Wildman–Crippen MR) is 154 cm³/mol. The van der Waals surface area contributed by atoms with Crippen LogP contribution in [0, 0.1) is 11.8 Å². The number of fused-ring (bicyclic) bond motifs is 2. The van der Waals surface area contributed by atoms with Gasteiger partial charge in [0.1, 0.15) is 11.6 Å². The number of ether oxygens (including phenoxy) is 1. The van der Waals surface area contributed by atoms with E-state index >= 15 is 0 Å². The second-order valence-electron chi connectivity index (χ2n) is 11.5. The first-order chi connectivity index (χ1) is 19.2. The Labute approximate surface area is 237 Å². The van der Waals surface area contributed by atoms with Crippen LogP contribution in [0.1, 0.15) is 40.0 Å². The molecule has 5 atom stereocenters. The van der Waals surface area contributed by atoms with Crippen molar-refractivity contribution in [3.8, 4) is 0 Å². The first-order valence-electron chi connectivity index (χ1n) is 14.6. The number of nitrogens with zero attached hydrogens (tertiary/aromatic N) is 4. The number of benzene rings is 1. The molecule has 0 aromatic heterocycles. The van der Waals surface area contributed by atoms with E-state index < -0.39 is 29.1 Å². The number of aliphatic hydroxyl groups is 1. The Morgan fingerprint density at radius 2 is 1.62 bits per heavy atom. The molecule has 4 aliphatic rings. The van der Waals surface area contributed by atoms with Crippen molar-refractivity contribution in [3.05, 3.63) is 48.6 Å². The average molecular weight is 551 g/mol. The summed E-state index contributed by atoms with van der Waals surface area (Å²) in [5.41, 5.74) is -0.410. The third-order valence-electron chi connectivity index (χ3n) is 9.11. The molecule has 2 saturated heterocycles. The minimum Gasteiger partial charge on any atom is -0.396 e. The molecule has 216 valence electrons. The SMILES string of the molecule is CCN(CC)c1ccc(N2CC=C[C@]34O[C@@]5(C)C=CCN(C)C(=O)[C@H]5[C@H]3C(=O)N(CCCCCO)C4C2=O)cc1. The van der Waals surface area contributed by atoms with E-state index in [0.29, 0.717) is 32.5 Å². The van der Waals surface area contributed by atoms with Crippen molar-refractivity contribution < 1.29 is 24.2 Å². The molecular formula is C31H42N4O5. The second-order valence-corrected chi connectivity index (χ2v) is 11.5. The molecule has 1 aromatic rings. The van der Waals surface area contributed by atoms with Crippen molar-refractivity contribution in [3.63, 3.8) is 0 Å². The summed E-state index contributed by atoms with van der Waals surface area (Å²) in [6.07, 6.45) is 9.62.